The molecule has 0 aliphatic carbocycles. The van der Waals surface area contributed by atoms with Crippen LogP contribution in [-0.2, 0) is 20.7 Å². The molecule has 1 amide bonds. The third kappa shape index (κ3) is 4.16. The Hall–Kier alpha value is -3.41. The highest BCUT2D eigenvalue weighted by Crippen LogP contribution is 2.27. The number of benzene rings is 2. The van der Waals surface area contributed by atoms with Gasteiger partial charge in [0.1, 0.15) is 0 Å². The molecule has 2 N–H and O–H groups in total. The van der Waals surface area contributed by atoms with E-state index in [0.717, 1.165) is 28.0 Å². The van der Waals surface area contributed by atoms with Crippen LogP contribution in [0.1, 0.15) is 12.6 Å². The zero-order valence-electron chi connectivity index (χ0n) is 14.6. The molecular formula is C20H19N3O3. The molecule has 0 saturated heterocycles. The maximum absolute atomic E-state index is 11.6. The van der Waals surface area contributed by atoms with Crippen molar-refractivity contribution < 1.29 is 14.3 Å². The number of esters is 1. The van der Waals surface area contributed by atoms with E-state index in [2.05, 4.69) is 15.6 Å². The number of para-hydroxylation sites is 1. The summed E-state index contributed by atoms with van der Waals surface area (Å²) in [5.41, 5.74) is 3.87. The lowest BCUT2D eigenvalue weighted by molar-refractivity contribution is -0.139. The number of ether oxygens (including phenoxy) is 1. The zero-order chi connectivity index (χ0) is 18.5. The van der Waals surface area contributed by atoms with Gasteiger partial charge in [0, 0.05) is 29.4 Å². The number of anilines is 3. The molecule has 0 radical (unpaired) electrons. The van der Waals surface area contributed by atoms with Gasteiger partial charge in [-0.05, 0) is 36.4 Å². The highest BCUT2D eigenvalue weighted by Gasteiger charge is 2.10. The molecule has 3 rings (SSSR count). The number of methoxy groups -OCH3 is 1. The first-order valence-electron chi connectivity index (χ1n) is 8.15. The number of nitrogens with zero attached hydrogens (tertiary/aromatic N) is 1. The second kappa shape index (κ2) is 7.65. The maximum atomic E-state index is 11.6. The molecule has 0 atom stereocenters. The van der Waals surface area contributed by atoms with Gasteiger partial charge in [-0.25, -0.2) is 0 Å². The van der Waals surface area contributed by atoms with Crippen molar-refractivity contribution in [2.24, 2.45) is 0 Å². The molecule has 132 valence electrons. The number of aromatic nitrogens is 1. The zero-order valence-corrected chi connectivity index (χ0v) is 14.6. The van der Waals surface area contributed by atoms with Crippen molar-refractivity contribution in [3.8, 4) is 0 Å². The summed E-state index contributed by atoms with van der Waals surface area (Å²) >= 11 is 0. The van der Waals surface area contributed by atoms with Crippen LogP contribution in [0, 0.1) is 0 Å². The van der Waals surface area contributed by atoms with Gasteiger partial charge in [0.25, 0.3) is 0 Å². The van der Waals surface area contributed by atoms with Gasteiger partial charge in [-0.15, -0.1) is 0 Å². The van der Waals surface area contributed by atoms with Gasteiger partial charge in [0.05, 0.1) is 24.7 Å². The molecule has 0 fully saturated rings. The van der Waals surface area contributed by atoms with E-state index in [9.17, 15) is 9.59 Å². The fourth-order valence-corrected chi connectivity index (χ4v) is 2.64. The molecule has 0 aliphatic rings. The van der Waals surface area contributed by atoms with E-state index in [1.165, 1.54) is 14.0 Å². The molecule has 26 heavy (non-hydrogen) atoms. The average Bonchev–Trinajstić information content (AvgIpc) is 2.63. The summed E-state index contributed by atoms with van der Waals surface area (Å²) in [5.74, 6) is -0.448. The minimum absolute atomic E-state index is 0.109. The van der Waals surface area contributed by atoms with E-state index in [0.29, 0.717) is 5.69 Å². The van der Waals surface area contributed by atoms with Crippen molar-refractivity contribution in [3.05, 3.63) is 60.3 Å². The maximum Gasteiger partial charge on any atom is 0.311 e. The third-order valence-corrected chi connectivity index (χ3v) is 3.81. The van der Waals surface area contributed by atoms with E-state index in [1.807, 2.05) is 54.6 Å². The Morgan fingerprint density at radius 3 is 2.42 bits per heavy atom. The van der Waals surface area contributed by atoms with Crippen LogP contribution in [0.3, 0.4) is 0 Å². The van der Waals surface area contributed by atoms with E-state index < -0.39 is 0 Å². The molecule has 6 nitrogen and oxygen atoms in total. The normalized spacial score (nSPS) is 10.4. The van der Waals surface area contributed by atoms with Gasteiger partial charge in [0.2, 0.25) is 5.91 Å². The van der Waals surface area contributed by atoms with Crippen LogP contribution in [0.25, 0.3) is 10.9 Å². The number of fused-ring (bicyclic) bond motifs is 1. The summed E-state index contributed by atoms with van der Waals surface area (Å²) in [6.07, 6.45) is 0.109. The van der Waals surface area contributed by atoms with Crippen molar-refractivity contribution in [1.82, 2.24) is 4.98 Å². The number of carbonyl (C=O) groups is 2. The monoisotopic (exact) mass is 349 g/mol. The predicted molar refractivity (Wildman–Crippen MR) is 101 cm³/mol. The van der Waals surface area contributed by atoms with E-state index in [4.69, 9.17) is 4.74 Å². The van der Waals surface area contributed by atoms with E-state index in [1.54, 1.807) is 0 Å². The van der Waals surface area contributed by atoms with Crippen molar-refractivity contribution in [2.45, 2.75) is 13.3 Å². The summed E-state index contributed by atoms with van der Waals surface area (Å²) < 4.78 is 4.74. The van der Waals surface area contributed by atoms with Crippen molar-refractivity contribution in [3.63, 3.8) is 0 Å². The Bertz CT molecular complexity index is 952. The minimum atomic E-state index is -0.335. The van der Waals surface area contributed by atoms with Gasteiger partial charge in [0.15, 0.2) is 0 Å². The van der Waals surface area contributed by atoms with Crippen LogP contribution < -0.4 is 10.6 Å². The number of hydrogen-bond acceptors (Lipinski definition) is 5. The number of nitrogens with one attached hydrogen (secondary N) is 2. The molecule has 0 saturated carbocycles. The lowest BCUT2D eigenvalue weighted by atomic mass is 10.1. The Kier molecular flexibility index (Phi) is 5.12. The second-order valence-corrected chi connectivity index (χ2v) is 5.81. The van der Waals surface area contributed by atoms with E-state index in [-0.39, 0.29) is 18.3 Å². The van der Waals surface area contributed by atoms with Crippen molar-refractivity contribution in [2.75, 3.05) is 17.7 Å². The molecule has 1 heterocycles. The van der Waals surface area contributed by atoms with Crippen LogP contribution in [0.15, 0.2) is 54.6 Å². The highest BCUT2D eigenvalue weighted by molar-refractivity contribution is 5.94. The third-order valence-electron chi connectivity index (χ3n) is 3.81. The number of hydrogen-bond donors (Lipinski definition) is 2. The Morgan fingerprint density at radius 2 is 1.73 bits per heavy atom. The predicted octanol–water partition coefficient (Wildman–Crippen LogP) is 3.65. The fraction of sp³-hybridized carbons (Fsp3) is 0.150. The molecule has 0 bridgehead atoms. The standard InChI is InChI=1S/C20H19N3O3/c1-13(24)21-14-7-9-15(10-8-14)22-19-11-16(12-20(25)26-2)23-18-6-4-3-5-17(18)19/h3-11H,12H2,1-2H3,(H,21,24)(H,22,23). The molecule has 6 heteroatoms. The molecule has 0 unspecified atom stereocenters. The first-order chi connectivity index (χ1) is 12.5. The number of carbonyl (C=O) groups excluding carboxylic acids is 2. The quantitative estimate of drug-likeness (QED) is 0.687. The van der Waals surface area contributed by atoms with E-state index >= 15 is 0 Å². The van der Waals surface area contributed by atoms with Crippen molar-refractivity contribution >= 4 is 39.8 Å². The molecule has 2 aromatic carbocycles. The average molecular weight is 349 g/mol. The number of amides is 1. The lowest BCUT2D eigenvalue weighted by Crippen LogP contribution is -2.07. The summed E-state index contributed by atoms with van der Waals surface area (Å²) in [4.78, 5) is 27.2. The fourth-order valence-electron chi connectivity index (χ4n) is 2.64. The number of pyridine rings is 1. The van der Waals surface area contributed by atoms with Crippen LogP contribution in [0.2, 0.25) is 0 Å². The topological polar surface area (TPSA) is 80.3 Å². The molecule has 1 aromatic heterocycles. The largest absolute Gasteiger partial charge is 0.469 e. The van der Waals surface area contributed by atoms with Gasteiger partial charge in [-0.3, -0.25) is 14.6 Å². The first kappa shape index (κ1) is 17.4. The summed E-state index contributed by atoms with van der Waals surface area (Å²) in [6, 6.07) is 17.0. The Labute approximate surface area is 151 Å². The van der Waals surface area contributed by atoms with Gasteiger partial charge < -0.3 is 15.4 Å². The number of rotatable bonds is 5. The smallest absolute Gasteiger partial charge is 0.311 e. The van der Waals surface area contributed by atoms with Gasteiger partial charge >= 0.3 is 5.97 Å². The summed E-state index contributed by atoms with van der Waals surface area (Å²) in [6.45, 7) is 1.47. The Morgan fingerprint density at radius 1 is 1.04 bits per heavy atom. The minimum Gasteiger partial charge on any atom is -0.469 e. The summed E-state index contributed by atoms with van der Waals surface area (Å²) in [5, 5.41) is 7.04. The van der Waals surface area contributed by atoms with Crippen LogP contribution in [0.5, 0.6) is 0 Å². The van der Waals surface area contributed by atoms with Crippen LogP contribution in [-0.4, -0.2) is 24.0 Å². The molecule has 0 spiro atoms. The van der Waals surface area contributed by atoms with Crippen LogP contribution in [0.4, 0.5) is 17.1 Å². The second-order valence-electron chi connectivity index (χ2n) is 5.81. The molecule has 3 aromatic rings. The first-order valence-corrected chi connectivity index (χ1v) is 8.15. The molecule has 0 aliphatic heterocycles. The highest BCUT2D eigenvalue weighted by atomic mass is 16.5. The van der Waals surface area contributed by atoms with Crippen molar-refractivity contribution in [1.29, 1.82) is 0 Å². The van der Waals surface area contributed by atoms with Gasteiger partial charge in [-0.1, -0.05) is 18.2 Å². The SMILES string of the molecule is COC(=O)Cc1cc(Nc2ccc(NC(C)=O)cc2)c2ccccc2n1. The Balaban J connectivity index is 1.92. The lowest BCUT2D eigenvalue weighted by Gasteiger charge is -2.12. The van der Waals surface area contributed by atoms with Gasteiger partial charge in [-0.2, -0.15) is 0 Å². The van der Waals surface area contributed by atoms with Crippen LogP contribution >= 0.6 is 0 Å². The molecular weight excluding hydrogens is 330 g/mol. The summed E-state index contributed by atoms with van der Waals surface area (Å²) in [7, 11) is 1.36.